The maximum atomic E-state index is 11.1. The van der Waals surface area contributed by atoms with E-state index in [1.807, 2.05) is 12.1 Å². The summed E-state index contributed by atoms with van der Waals surface area (Å²) >= 11 is 2.18. The molecule has 0 saturated carbocycles. The summed E-state index contributed by atoms with van der Waals surface area (Å²) in [4.78, 5) is 11.1. The van der Waals surface area contributed by atoms with E-state index in [-0.39, 0.29) is 17.2 Å². The molecule has 0 heterocycles. The molecule has 0 saturated heterocycles. The summed E-state index contributed by atoms with van der Waals surface area (Å²) in [5, 5.41) is 16.8. The Hall–Kier alpha value is -1.24. The van der Waals surface area contributed by atoms with E-state index in [9.17, 15) is 9.90 Å². The van der Waals surface area contributed by atoms with E-state index < -0.39 is 0 Å². The zero-order valence-electron chi connectivity index (χ0n) is 8.94. The summed E-state index contributed by atoms with van der Waals surface area (Å²) in [6, 6.07) is 7.35. The molecule has 1 aromatic carbocycles. The largest absolute Gasteiger partial charge is 0.510 e. The maximum absolute atomic E-state index is 11.1. The quantitative estimate of drug-likeness (QED) is 0.397. The van der Waals surface area contributed by atoms with Crippen molar-refractivity contribution < 1.29 is 9.90 Å². The summed E-state index contributed by atoms with van der Waals surface area (Å²) in [7, 11) is 0. The molecule has 84 valence electrons. The SMILES string of the molecule is CC(=O)/C(N=Nc1ccc(I)cc1)=C(\C)O. The van der Waals surface area contributed by atoms with Crippen LogP contribution in [0, 0.1) is 3.57 Å². The summed E-state index contributed by atoms with van der Waals surface area (Å²) in [6.45, 7) is 2.74. The molecule has 0 amide bonds. The van der Waals surface area contributed by atoms with Crippen molar-refractivity contribution in [2.75, 3.05) is 0 Å². The van der Waals surface area contributed by atoms with Crippen molar-refractivity contribution >= 4 is 34.1 Å². The molecule has 0 atom stereocenters. The Balaban J connectivity index is 2.92. The summed E-state index contributed by atoms with van der Waals surface area (Å²) in [5.74, 6) is -0.434. The lowest BCUT2D eigenvalue weighted by molar-refractivity contribution is -0.113. The minimum atomic E-state index is -0.311. The minimum absolute atomic E-state index is 0.0152. The first kappa shape index (κ1) is 12.8. The lowest BCUT2D eigenvalue weighted by Gasteiger charge is -1.97. The minimum Gasteiger partial charge on any atom is -0.510 e. The van der Waals surface area contributed by atoms with E-state index in [1.165, 1.54) is 13.8 Å². The molecular weight excluding hydrogens is 319 g/mol. The van der Waals surface area contributed by atoms with Gasteiger partial charge in [0.05, 0.1) is 5.69 Å². The van der Waals surface area contributed by atoms with E-state index >= 15 is 0 Å². The van der Waals surface area contributed by atoms with Crippen LogP contribution in [-0.2, 0) is 4.79 Å². The van der Waals surface area contributed by atoms with Gasteiger partial charge in [-0.15, -0.1) is 5.11 Å². The smallest absolute Gasteiger partial charge is 0.183 e. The van der Waals surface area contributed by atoms with Crippen LogP contribution in [0.1, 0.15) is 13.8 Å². The number of azo groups is 1. The predicted molar refractivity (Wildman–Crippen MR) is 69.7 cm³/mol. The van der Waals surface area contributed by atoms with Crippen molar-refractivity contribution in [3.05, 3.63) is 39.3 Å². The van der Waals surface area contributed by atoms with Crippen molar-refractivity contribution in [2.45, 2.75) is 13.8 Å². The molecule has 0 unspecified atom stereocenters. The fourth-order valence-electron chi connectivity index (χ4n) is 1.01. The molecule has 1 N–H and O–H groups in total. The van der Waals surface area contributed by atoms with Gasteiger partial charge in [0.1, 0.15) is 5.76 Å². The van der Waals surface area contributed by atoms with Crippen molar-refractivity contribution in [2.24, 2.45) is 10.2 Å². The molecular formula is C11H11IN2O2. The van der Waals surface area contributed by atoms with Gasteiger partial charge in [-0.1, -0.05) is 0 Å². The first-order valence-electron chi connectivity index (χ1n) is 4.59. The molecule has 0 aliphatic carbocycles. The summed E-state index contributed by atoms with van der Waals surface area (Å²) in [5.41, 5.74) is 0.624. The van der Waals surface area contributed by atoms with E-state index in [0.717, 1.165) is 3.57 Å². The standard InChI is InChI=1S/C11H11IN2O2/c1-7(15)11(8(2)16)14-13-10-5-3-9(12)4-6-10/h3-6,15H,1-2H3/b11-7-,14-13?. The molecule has 0 fully saturated rings. The van der Waals surface area contributed by atoms with Gasteiger partial charge in [-0.05, 0) is 53.8 Å². The molecule has 0 bridgehead atoms. The van der Waals surface area contributed by atoms with Gasteiger partial charge in [-0.3, -0.25) is 4.79 Å². The average molecular weight is 330 g/mol. The maximum Gasteiger partial charge on any atom is 0.183 e. The number of allylic oxidation sites excluding steroid dienone is 2. The molecule has 1 rings (SSSR count). The number of benzene rings is 1. The first-order chi connectivity index (χ1) is 7.50. The molecule has 0 spiro atoms. The number of Topliss-reactive ketones (excluding diaryl/α,β-unsaturated/α-hetero) is 1. The lowest BCUT2D eigenvalue weighted by atomic mass is 10.3. The van der Waals surface area contributed by atoms with E-state index in [2.05, 4.69) is 32.8 Å². The number of aliphatic hydroxyl groups excluding tert-OH is 1. The van der Waals surface area contributed by atoms with Crippen LogP contribution < -0.4 is 0 Å². The zero-order chi connectivity index (χ0) is 12.1. The monoisotopic (exact) mass is 330 g/mol. The van der Waals surface area contributed by atoms with Gasteiger partial charge in [0.15, 0.2) is 11.5 Å². The molecule has 0 radical (unpaired) electrons. The fraction of sp³-hybridized carbons (Fsp3) is 0.182. The Labute approximate surface area is 107 Å². The fourth-order valence-corrected chi connectivity index (χ4v) is 1.37. The Morgan fingerprint density at radius 1 is 1.25 bits per heavy atom. The third-order valence-electron chi connectivity index (χ3n) is 1.77. The second-order valence-corrected chi connectivity index (χ2v) is 4.41. The zero-order valence-corrected chi connectivity index (χ0v) is 11.1. The number of carbonyl (C=O) groups is 1. The van der Waals surface area contributed by atoms with Crippen LogP contribution in [-0.4, -0.2) is 10.9 Å². The number of halogens is 1. The Bertz CT molecular complexity index is 446. The van der Waals surface area contributed by atoms with Crippen molar-refractivity contribution in [3.8, 4) is 0 Å². The molecule has 0 aromatic heterocycles. The van der Waals surface area contributed by atoms with E-state index in [0.29, 0.717) is 5.69 Å². The van der Waals surface area contributed by atoms with Crippen molar-refractivity contribution in [1.29, 1.82) is 0 Å². The van der Waals surface area contributed by atoms with Gasteiger partial charge < -0.3 is 5.11 Å². The molecule has 4 nitrogen and oxygen atoms in total. The number of rotatable bonds is 3. The summed E-state index contributed by atoms with van der Waals surface area (Å²) in [6.07, 6.45) is 0. The number of ketones is 1. The van der Waals surface area contributed by atoms with Crippen LogP contribution in [0.25, 0.3) is 0 Å². The number of aliphatic hydroxyl groups is 1. The highest BCUT2D eigenvalue weighted by atomic mass is 127. The lowest BCUT2D eigenvalue weighted by Crippen LogP contribution is -1.96. The molecule has 0 aliphatic rings. The van der Waals surface area contributed by atoms with Gasteiger partial charge in [0, 0.05) is 10.5 Å². The first-order valence-corrected chi connectivity index (χ1v) is 5.66. The van der Waals surface area contributed by atoms with Crippen LogP contribution in [0.15, 0.2) is 46.0 Å². The number of nitrogens with zero attached hydrogens (tertiary/aromatic N) is 2. The van der Waals surface area contributed by atoms with E-state index in [4.69, 9.17) is 0 Å². The van der Waals surface area contributed by atoms with Gasteiger partial charge in [-0.2, -0.15) is 5.11 Å². The Morgan fingerprint density at radius 2 is 1.81 bits per heavy atom. The van der Waals surface area contributed by atoms with Crippen LogP contribution in [0.3, 0.4) is 0 Å². The van der Waals surface area contributed by atoms with Crippen molar-refractivity contribution in [1.82, 2.24) is 0 Å². The van der Waals surface area contributed by atoms with Gasteiger partial charge in [-0.25, -0.2) is 0 Å². The van der Waals surface area contributed by atoms with Gasteiger partial charge in [0.2, 0.25) is 0 Å². The number of hydrogen-bond acceptors (Lipinski definition) is 4. The van der Waals surface area contributed by atoms with E-state index in [1.54, 1.807) is 12.1 Å². The molecule has 0 aliphatic heterocycles. The Morgan fingerprint density at radius 3 is 2.25 bits per heavy atom. The third kappa shape index (κ3) is 3.73. The normalized spacial score (nSPS) is 12.7. The topological polar surface area (TPSA) is 62.0 Å². The van der Waals surface area contributed by atoms with Crippen molar-refractivity contribution in [3.63, 3.8) is 0 Å². The molecule has 16 heavy (non-hydrogen) atoms. The highest BCUT2D eigenvalue weighted by Gasteiger charge is 2.06. The second-order valence-electron chi connectivity index (χ2n) is 3.17. The predicted octanol–water partition coefficient (Wildman–Crippen LogP) is 3.75. The second kappa shape index (κ2) is 5.74. The van der Waals surface area contributed by atoms with Crippen LogP contribution in [0.2, 0.25) is 0 Å². The molecule has 5 heteroatoms. The van der Waals surface area contributed by atoms with Gasteiger partial charge >= 0.3 is 0 Å². The number of carbonyl (C=O) groups excluding carboxylic acids is 1. The van der Waals surface area contributed by atoms with Crippen LogP contribution in [0.4, 0.5) is 5.69 Å². The van der Waals surface area contributed by atoms with Crippen LogP contribution >= 0.6 is 22.6 Å². The molecule has 1 aromatic rings. The van der Waals surface area contributed by atoms with Gasteiger partial charge in [0.25, 0.3) is 0 Å². The highest BCUT2D eigenvalue weighted by molar-refractivity contribution is 14.1. The van der Waals surface area contributed by atoms with Crippen LogP contribution in [0.5, 0.6) is 0 Å². The average Bonchev–Trinajstić information content (AvgIpc) is 2.20. The summed E-state index contributed by atoms with van der Waals surface area (Å²) < 4.78 is 1.09. The Kier molecular flexibility index (Phi) is 4.60. The third-order valence-corrected chi connectivity index (χ3v) is 2.49. The number of hydrogen-bond donors (Lipinski definition) is 1. The highest BCUT2D eigenvalue weighted by Crippen LogP contribution is 2.16.